The Bertz CT molecular complexity index is 931. The average Bonchev–Trinajstić information content (AvgIpc) is 2.73. The number of carbonyl (C=O) groups is 2. The number of amides is 2. The van der Waals surface area contributed by atoms with Gasteiger partial charge in [-0.05, 0) is 61.7 Å². The molecule has 0 aliphatic carbocycles. The number of hydrazone groups is 1. The lowest BCUT2D eigenvalue weighted by Crippen LogP contribution is -2.48. The Labute approximate surface area is 187 Å². The number of benzene rings is 2. The van der Waals surface area contributed by atoms with E-state index in [-0.39, 0.29) is 11.8 Å². The number of carbonyl (C=O) groups excluding carboxylic acids is 2. The average molecular weight is 446 g/mol. The maximum absolute atomic E-state index is 12.6. The highest BCUT2D eigenvalue weighted by Crippen LogP contribution is 2.28. The second kappa shape index (κ2) is 12.0. The summed E-state index contributed by atoms with van der Waals surface area (Å²) < 4.78 is 11.1. The summed E-state index contributed by atoms with van der Waals surface area (Å²) in [7, 11) is 0. The Morgan fingerprint density at radius 3 is 2.42 bits per heavy atom. The van der Waals surface area contributed by atoms with Crippen LogP contribution in [0.5, 0.6) is 11.5 Å². The maximum atomic E-state index is 12.6. The van der Waals surface area contributed by atoms with Gasteiger partial charge in [0, 0.05) is 10.6 Å². The third kappa shape index (κ3) is 7.29. The molecule has 8 heteroatoms. The van der Waals surface area contributed by atoms with Crippen molar-refractivity contribution in [1.82, 2.24) is 10.7 Å². The molecule has 7 nitrogen and oxygen atoms in total. The van der Waals surface area contributed by atoms with Crippen molar-refractivity contribution in [2.45, 2.75) is 33.7 Å². The summed E-state index contributed by atoms with van der Waals surface area (Å²) in [6.07, 6.45) is 1.51. The van der Waals surface area contributed by atoms with E-state index in [9.17, 15) is 9.59 Å². The number of nitrogens with one attached hydrogen (secondary N) is 2. The molecule has 0 fully saturated rings. The van der Waals surface area contributed by atoms with Gasteiger partial charge >= 0.3 is 0 Å². The second-order valence-corrected chi connectivity index (χ2v) is 7.45. The molecule has 2 N–H and O–H groups in total. The van der Waals surface area contributed by atoms with Crippen LogP contribution in [0.3, 0.4) is 0 Å². The van der Waals surface area contributed by atoms with Crippen LogP contribution in [0.4, 0.5) is 0 Å². The normalized spacial score (nSPS) is 11.9. The predicted octanol–water partition coefficient (Wildman–Crippen LogP) is 4.04. The van der Waals surface area contributed by atoms with Crippen molar-refractivity contribution in [3.8, 4) is 11.5 Å². The summed E-state index contributed by atoms with van der Waals surface area (Å²) in [6.45, 7) is 8.50. The molecule has 0 bridgehead atoms. The van der Waals surface area contributed by atoms with Gasteiger partial charge in [-0.2, -0.15) is 5.10 Å². The minimum Gasteiger partial charge on any atom is -0.490 e. The molecule has 2 amide bonds. The van der Waals surface area contributed by atoms with Crippen LogP contribution in [0.2, 0.25) is 5.02 Å². The third-order valence-corrected chi connectivity index (χ3v) is 4.51. The molecule has 0 aliphatic rings. The van der Waals surface area contributed by atoms with Crippen molar-refractivity contribution in [2.24, 2.45) is 11.0 Å². The molecule has 0 spiro atoms. The van der Waals surface area contributed by atoms with Crippen molar-refractivity contribution in [1.29, 1.82) is 0 Å². The lowest BCUT2D eigenvalue weighted by atomic mass is 10.0. The Hall–Kier alpha value is -3.06. The van der Waals surface area contributed by atoms with Gasteiger partial charge in [-0.1, -0.05) is 31.5 Å². The summed E-state index contributed by atoms with van der Waals surface area (Å²) in [5.41, 5.74) is 3.60. The molecule has 31 heavy (non-hydrogen) atoms. The minimum atomic E-state index is -0.761. The quantitative estimate of drug-likeness (QED) is 0.426. The lowest BCUT2D eigenvalue weighted by Gasteiger charge is -2.20. The van der Waals surface area contributed by atoms with Crippen molar-refractivity contribution in [3.05, 3.63) is 58.6 Å². The van der Waals surface area contributed by atoms with Crippen LogP contribution < -0.4 is 20.2 Å². The van der Waals surface area contributed by atoms with Gasteiger partial charge in [0.1, 0.15) is 6.04 Å². The SMILES string of the molecule is CCOc1ccc(C=NNC(=O)C(NC(=O)c2cccc(Cl)c2)C(C)C)cc1OCC. The fourth-order valence-electron chi connectivity index (χ4n) is 2.78. The van der Waals surface area contributed by atoms with E-state index in [4.69, 9.17) is 21.1 Å². The van der Waals surface area contributed by atoms with Gasteiger partial charge in [-0.15, -0.1) is 0 Å². The Balaban J connectivity index is 2.05. The summed E-state index contributed by atoms with van der Waals surface area (Å²) in [5.74, 6) is 0.307. The van der Waals surface area contributed by atoms with Crippen LogP contribution in [0.15, 0.2) is 47.6 Å². The highest BCUT2D eigenvalue weighted by molar-refractivity contribution is 6.31. The van der Waals surface area contributed by atoms with E-state index in [1.54, 1.807) is 36.4 Å². The Morgan fingerprint density at radius 2 is 1.77 bits per heavy atom. The van der Waals surface area contributed by atoms with Crippen LogP contribution in [0, 0.1) is 5.92 Å². The van der Waals surface area contributed by atoms with E-state index < -0.39 is 11.9 Å². The number of rotatable bonds is 10. The minimum absolute atomic E-state index is 0.145. The number of nitrogens with zero attached hydrogens (tertiary/aromatic N) is 1. The molecule has 0 saturated heterocycles. The van der Waals surface area contributed by atoms with E-state index in [0.29, 0.717) is 35.3 Å². The molecule has 0 aromatic heterocycles. The van der Waals surface area contributed by atoms with E-state index in [2.05, 4.69) is 15.8 Å². The van der Waals surface area contributed by atoms with Crippen LogP contribution in [0.1, 0.15) is 43.6 Å². The summed E-state index contributed by atoms with van der Waals surface area (Å²) in [6, 6.07) is 11.2. The van der Waals surface area contributed by atoms with Crippen LogP contribution in [-0.2, 0) is 4.79 Å². The van der Waals surface area contributed by atoms with Gasteiger partial charge in [-0.3, -0.25) is 9.59 Å². The van der Waals surface area contributed by atoms with Gasteiger partial charge in [0.15, 0.2) is 11.5 Å². The van der Waals surface area contributed by atoms with Crippen molar-refractivity contribution < 1.29 is 19.1 Å². The predicted molar refractivity (Wildman–Crippen MR) is 122 cm³/mol. The van der Waals surface area contributed by atoms with Gasteiger partial charge in [0.25, 0.3) is 11.8 Å². The number of ether oxygens (including phenoxy) is 2. The fourth-order valence-corrected chi connectivity index (χ4v) is 2.97. The van der Waals surface area contributed by atoms with E-state index in [1.165, 1.54) is 6.21 Å². The van der Waals surface area contributed by atoms with Crippen molar-refractivity contribution in [2.75, 3.05) is 13.2 Å². The van der Waals surface area contributed by atoms with E-state index in [1.807, 2.05) is 33.8 Å². The zero-order valence-electron chi connectivity index (χ0n) is 18.1. The highest BCUT2D eigenvalue weighted by atomic mass is 35.5. The zero-order chi connectivity index (χ0) is 22.8. The van der Waals surface area contributed by atoms with E-state index in [0.717, 1.165) is 5.56 Å². The molecule has 0 aliphatic heterocycles. The smallest absolute Gasteiger partial charge is 0.262 e. The van der Waals surface area contributed by atoms with Gasteiger partial charge in [0.05, 0.1) is 19.4 Å². The maximum Gasteiger partial charge on any atom is 0.262 e. The van der Waals surface area contributed by atoms with Crippen LogP contribution in [0.25, 0.3) is 0 Å². The fraction of sp³-hybridized carbons (Fsp3) is 0.348. The zero-order valence-corrected chi connectivity index (χ0v) is 18.9. The molecule has 1 unspecified atom stereocenters. The molecular formula is C23H28ClN3O4. The molecule has 2 aromatic rings. The molecule has 0 saturated carbocycles. The topological polar surface area (TPSA) is 89.0 Å². The second-order valence-electron chi connectivity index (χ2n) is 7.01. The monoisotopic (exact) mass is 445 g/mol. The first-order valence-electron chi connectivity index (χ1n) is 10.1. The van der Waals surface area contributed by atoms with Crippen molar-refractivity contribution >= 4 is 29.6 Å². The van der Waals surface area contributed by atoms with E-state index >= 15 is 0 Å². The first kappa shape index (κ1) is 24.2. The number of hydrogen-bond acceptors (Lipinski definition) is 5. The number of hydrogen-bond donors (Lipinski definition) is 2. The molecule has 1 atom stereocenters. The Kier molecular flexibility index (Phi) is 9.34. The van der Waals surface area contributed by atoms with Gasteiger partial charge in [0.2, 0.25) is 0 Å². The van der Waals surface area contributed by atoms with Crippen LogP contribution >= 0.6 is 11.6 Å². The van der Waals surface area contributed by atoms with Gasteiger partial charge in [-0.25, -0.2) is 5.43 Å². The molecule has 166 valence electrons. The first-order valence-corrected chi connectivity index (χ1v) is 10.5. The molecule has 2 rings (SSSR count). The molecular weight excluding hydrogens is 418 g/mol. The van der Waals surface area contributed by atoms with Crippen LogP contribution in [-0.4, -0.2) is 37.3 Å². The molecule has 0 heterocycles. The summed E-state index contributed by atoms with van der Waals surface area (Å²) in [5, 5.41) is 7.21. The highest BCUT2D eigenvalue weighted by Gasteiger charge is 2.24. The summed E-state index contributed by atoms with van der Waals surface area (Å²) in [4.78, 5) is 25.1. The Morgan fingerprint density at radius 1 is 1.06 bits per heavy atom. The lowest BCUT2D eigenvalue weighted by molar-refractivity contribution is -0.123. The molecule has 0 radical (unpaired) electrons. The van der Waals surface area contributed by atoms with Crippen molar-refractivity contribution in [3.63, 3.8) is 0 Å². The van der Waals surface area contributed by atoms with Gasteiger partial charge < -0.3 is 14.8 Å². The third-order valence-electron chi connectivity index (χ3n) is 4.28. The summed E-state index contributed by atoms with van der Waals surface area (Å²) >= 11 is 5.94. The first-order chi connectivity index (χ1) is 14.8. The standard InChI is InChI=1S/C23H28ClN3O4/c1-5-30-19-11-10-16(12-20(19)31-6-2)14-25-27-23(29)21(15(3)4)26-22(28)17-8-7-9-18(24)13-17/h7-15,21H,5-6H2,1-4H3,(H,26,28)(H,27,29). The molecule has 2 aromatic carbocycles. The number of halogens is 1. The largest absolute Gasteiger partial charge is 0.490 e.